The molecule has 0 fully saturated rings. The Kier molecular flexibility index (Phi) is 6.43. The molecule has 1 heterocycles. The number of carbonyl (C=O) groups excluding carboxylic acids is 1. The van der Waals surface area contributed by atoms with E-state index in [0.29, 0.717) is 19.8 Å². The Morgan fingerprint density at radius 1 is 1.24 bits per heavy atom. The second-order valence-corrected chi connectivity index (χ2v) is 3.07. The van der Waals surface area contributed by atoms with Crippen LogP contribution in [0.3, 0.4) is 0 Å². The quantitative estimate of drug-likeness (QED) is 0.378. The van der Waals surface area contributed by atoms with Crippen molar-refractivity contribution in [2.24, 2.45) is 0 Å². The van der Waals surface area contributed by atoms with E-state index in [0.717, 1.165) is 11.8 Å². The molecular weight excluding hydrogens is 222 g/mol. The fourth-order valence-corrected chi connectivity index (χ4v) is 1.05. The van der Waals surface area contributed by atoms with E-state index in [1.165, 1.54) is 0 Å². The van der Waals surface area contributed by atoms with Gasteiger partial charge in [0.1, 0.15) is 19.0 Å². The molecule has 0 spiro atoms. The highest BCUT2D eigenvalue weighted by atomic mass is 16.6. The molecule has 0 saturated heterocycles. The van der Waals surface area contributed by atoms with Gasteiger partial charge in [-0.3, -0.25) is 0 Å². The molecule has 0 aliphatic carbocycles. The van der Waals surface area contributed by atoms with Crippen LogP contribution in [-0.4, -0.2) is 32.4 Å². The predicted octanol–water partition coefficient (Wildman–Crippen LogP) is 0.625. The van der Waals surface area contributed by atoms with Crippen molar-refractivity contribution in [3.8, 4) is 5.75 Å². The lowest BCUT2D eigenvalue weighted by Crippen LogP contribution is -2.12. The fraction of sp³-hybridized carbons (Fsp3) is 0.333. The molecular formula is C12H16NO4+. The van der Waals surface area contributed by atoms with Gasteiger partial charge in [0.15, 0.2) is 12.4 Å². The van der Waals surface area contributed by atoms with Crippen molar-refractivity contribution in [2.75, 3.05) is 26.4 Å². The summed E-state index contributed by atoms with van der Waals surface area (Å²) in [5, 5.41) is 0. The van der Waals surface area contributed by atoms with Gasteiger partial charge in [0, 0.05) is 18.2 Å². The van der Waals surface area contributed by atoms with E-state index in [9.17, 15) is 4.79 Å². The molecule has 1 aromatic rings. The average Bonchev–Trinajstić information content (AvgIpc) is 2.38. The van der Waals surface area contributed by atoms with E-state index in [1.807, 2.05) is 12.1 Å². The third kappa shape index (κ3) is 6.32. The van der Waals surface area contributed by atoms with Crippen molar-refractivity contribution in [2.45, 2.75) is 0 Å². The molecule has 0 aliphatic rings. The zero-order chi connectivity index (χ0) is 12.3. The SMILES string of the molecule is C=CC(=O)OCCOCCOc1cc[nH+]cc1. The molecule has 0 aromatic carbocycles. The molecule has 0 unspecified atom stereocenters. The number of ether oxygens (including phenoxy) is 3. The minimum atomic E-state index is -0.439. The molecule has 0 atom stereocenters. The van der Waals surface area contributed by atoms with Crippen LogP contribution in [0.5, 0.6) is 5.75 Å². The number of H-pyrrole nitrogens is 1. The molecule has 1 N–H and O–H groups in total. The van der Waals surface area contributed by atoms with Gasteiger partial charge in [-0.15, -0.1) is 0 Å². The lowest BCUT2D eigenvalue weighted by Gasteiger charge is -2.06. The Balaban J connectivity index is 1.95. The van der Waals surface area contributed by atoms with Crippen LogP contribution >= 0.6 is 0 Å². The topological polar surface area (TPSA) is 58.9 Å². The number of hydrogen-bond donors (Lipinski definition) is 0. The normalized spacial score (nSPS) is 9.65. The van der Waals surface area contributed by atoms with Gasteiger partial charge < -0.3 is 14.2 Å². The second-order valence-electron chi connectivity index (χ2n) is 3.07. The van der Waals surface area contributed by atoms with Gasteiger partial charge in [0.05, 0.1) is 13.2 Å². The molecule has 5 nitrogen and oxygen atoms in total. The second kappa shape index (κ2) is 8.29. The monoisotopic (exact) mass is 238 g/mol. The number of pyridine rings is 1. The van der Waals surface area contributed by atoms with E-state index in [4.69, 9.17) is 14.2 Å². The summed E-state index contributed by atoms with van der Waals surface area (Å²) >= 11 is 0. The lowest BCUT2D eigenvalue weighted by molar-refractivity contribution is -0.378. The standard InChI is InChI=1S/C12H15NO4/c1-2-12(14)17-10-8-15-7-9-16-11-3-5-13-6-4-11/h2-6H,1,7-10H2/p+1. The summed E-state index contributed by atoms with van der Waals surface area (Å²) < 4.78 is 15.3. The van der Waals surface area contributed by atoms with Gasteiger partial charge in [0.2, 0.25) is 0 Å². The minimum absolute atomic E-state index is 0.227. The average molecular weight is 238 g/mol. The van der Waals surface area contributed by atoms with Crippen LogP contribution in [-0.2, 0) is 14.3 Å². The lowest BCUT2D eigenvalue weighted by atomic mass is 10.4. The van der Waals surface area contributed by atoms with Crippen LogP contribution < -0.4 is 9.72 Å². The summed E-state index contributed by atoms with van der Waals surface area (Å²) in [6.07, 6.45) is 4.69. The molecule has 5 heteroatoms. The highest BCUT2D eigenvalue weighted by Crippen LogP contribution is 2.04. The smallest absolute Gasteiger partial charge is 0.330 e. The first-order valence-corrected chi connectivity index (χ1v) is 5.29. The number of nitrogens with one attached hydrogen (secondary N) is 1. The third-order valence-corrected chi connectivity index (χ3v) is 1.82. The summed E-state index contributed by atoms with van der Waals surface area (Å²) in [6.45, 7) is 4.77. The maximum absolute atomic E-state index is 10.7. The molecule has 0 aliphatic heterocycles. The number of esters is 1. The Morgan fingerprint density at radius 2 is 1.94 bits per heavy atom. The minimum Gasteiger partial charge on any atom is -0.491 e. The number of aromatic nitrogens is 1. The highest BCUT2D eigenvalue weighted by Gasteiger charge is 1.96. The molecule has 92 valence electrons. The highest BCUT2D eigenvalue weighted by molar-refractivity contribution is 5.81. The van der Waals surface area contributed by atoms with Crippen molar-refractivity contribution >= 4 is 5.97 Å². The van der Waals surface area contributed by atoms with E-state index in [1.54, 1.807) is 12.4 Å². The first-order chi connectivity index (χ1) is 8.33. The molecule has 0 bridgehead atoms. The number of hydrogen-bond acceptors (Lipinski definition) is 4. The zero-order valence-electron chi connectivity index (χ0n) is 9.56. The Bertz CT molecular complexity index is 340. The van der Waals surface area contributed by atoms with E-state index < -0.39 is 5.97 Å². The summed E-state index contributed by atoms with van der Waals surface area (Å²) in [5.41, 5.74) is 0. The summed E-state index contributed by atoms with van der Waals surface area (Å²) in [5.74, 6) is 0.343. The van der Waals surface area contributed by atoms with E-state index >= 15 is 0 Å². The van der Waals surface area contributed by atoms with Crippen molar-refractivity contribution in [1.29, 1.82) is 0 Å². The predicted molar refractivity (Wildman–Crippen MR) is 60.5 cm³/mol. The van der Waals surface area contributed by atoms with Gasteiger partial charge >= 0.3 is 5.97 Å². The first-order valence-electron chi connectivity index (χ1n) is 5.29. The van der Waals surface area contributed by atoms with Crippen LogP contribution in [0, 0.1) is 0 Å². The fourth-order valence-electron chi connectivity index (χ4n) is 1.05. The number of carbonyl (C=O) groups is 1. The van der Waals surface area contributed by atoms with Crippen molar-refractivity contribution in [3.63, 3.8) is 0 Å². The number of rotatable bonds is 8. The molecule has 1 aromatic heterocycles. The maximum atomic E-state index is 10.7. The van der Waals surface area contributed by atoms with Crippen LogP contribution in [0.25, 0.3) is 0 Å². The van der Waals surface area contributed by atoms with E-state index in [-0.39, 0.29) is 6.61 Å². The van der Waals surface area contributed by atoms with Gasteiger partial charge in [-0.05, 0) is 0 Å². The van der Waals surface area contributed by atoms with Crippen molar-refractivity contribution < 1.29 is 24.0 Å². The van der Waals surface area contributed by atoms with Gasteiger partial charge in [-0.2, -0.15) is 0 Å². The Morgan fingerprint density at radius 3 is 2.65 bits per heavy atom. The summed E-state index contributed by atoms with van der Waals surface area (Å²) in [6, 6.07) is 3.65. The van der Waals surface area contributed by atoms with Crippen LogP contribution in [0.2, 0.25) is 0 Å². The van der Waals surface area contributed by atoms with E-state index in [2.05, 4.69) is 11.6 Å². The van der Waals surface area contributed by atoms with Crippen LogP contribution in [0.15, 0.2) is 37.2 Å². The zero-order valence-corrected chi connectivity index (χ0v) is 9.56. The molecule has 0 amide bonds. The Hall–Kier alpha value is -1.88. The summed E-state index contributed by atoms with van der Waals surface area (Å²) in [7, 11) is 0. The molecule has 0 radical (unpaired) electrons. The maximum Gasteiger partial charge on any atom is 0.330 e. The summed E-state index contributed by atoms with van der Waals surface area (Å²) in [4.78, 5) is 13.6. The van der Waals surface area contributed by atoms with Crippen molar-refractivity contribution in [1.82, 2.24) is 0 Å². The van der Waals surface area contributed by atoms with Gasteiger partial charge in [-0.1, -0.05) is 6.58 Å². The largest absolute Gasteiger partial charge is 0.491 e. The number of aromatic amines is 1. The molecule has 0 saturated carbocycles. The van der Waals surface area contributed by atoms with Crippen molar-refractivity contribution in [3.05, 3.63) is 37.2 Å². The van der Waals surface area contributed by atoms with Crippen LogP contribution in [0.1, 0.15) is 0 Å². The van der Waals surface area contributed by atoms with Crippen LogP contribution in [0.4, 0.5) is 0 Å². The third-order valence-electron chi connectivity index (χ3n) is 1.82. The van der Waals surface area contributed by atoms with Gasteiger partial charge in [-0.25, -0.2) is 9.78 Å². The Labute approximate surface area is 100 Å². The first kappa shape index (κ1) is 13.2. The van der Waals surface area contributed by atoms with Gasteiger partial charge in [0.25, 0.3) is 0 Å². The molecule has 1 rings (SSSR count). The molecule has 17 heavy (non-hydrogen) atoms.